The van der Waals surface area contributed by atoms with Crippen LogP contribution >= 0.6 is 0 Å². The molecule has 7 heteroatoms. The molecular formula is C14H22O7. The zero-order chi connectivity index (χ0) is 16.4. The first-order chi connectivity index (χ1) is 9.77. The Balaban J connectivity index is 3.99. The molecule has 7 nitrogen and oxygen atoms in total. The lowest BCUT2D eigenvalue weighted by Gasteiger charge is -2.18. The van der Waals surface area contributed by atoms with Crippen molar-refractivity contribution in [2.45, 2.75) is 32.0 Å². The maximum atomic E-state index is 11.2. The fourth-order valence-electron chi connectivity index (χ4n) is 1.22. The maximum absolute atomic E-state index is 11.2. The minimum Gasteiger partial charge on any atom is -0.478 e. The Hall–Kier alpha value is -1.70. The normalized spacial score (nSPS) is 13.3. The molecule has 2 unspecified atom stereocenters. The second-order valence-corrected chi connectivity index (χ2v) is 4.62. The van der Waals surface area contributed by atoms with E-state index in [0.29, 0.717) is 0 Å². The van der Waals surface area contributed by atoms with Crippen LogP contribution in [0.4, 0.5) is 0 Å². The molecule has 0 bridgehead atoms. The Morgan fingerprint density at radius 1 is 1.24 bits per heavy atom. The average molecular weight is 302 g/mol. The second kappa shape index (κ2) is 10.1. The van der Waals surface area contributed by atoms with Gasteiger partial charge in [0.2, 0.25) is 0 Å². The fourth-order valence-corrected chi connectivity index (χ4v) is 1.22. The third-order valence-corrected chi connectivity index (χ3v) is 2.56. The largest absolute Gasteiger partial charge is 0.478 e. The van der Waals surface area contributed by atoms with Crippen LogP contribution in [-0.2, 0) is 19.1 Å². The standard InChI is InChI=1S/C14H22O7/c1-9(2)14(19)21-8-12(6-15)20-7-11(16)5-4-10(3)13(17)18/h11-12,15-16H,1,3-8H2,2H3,(H,17,18). The lowest BCUT2D eigenvalue weighted by Crippen LogP contribution is -2.29. The minimum absolute atomic E-state index is 0.00291. The Morgan fingerprint density at radius 3 is 2.33 bits per heavy atom. The Morgan fingerprint density at radius 2 is 1.86 bits per heavy atom. The molecule has 0 aliphatic heterocycles. The van der Waals surface area contributed by atoms with Gasteiger partial charge in [-0.15, -0.1) is 0 Å². The van der Waals surface area contributed by atoms with Gasteiger partial charge in [-0.2, -0.15) is 0 Å². The van der Waals surface area contributed by atoms with Crippen LogP contribution in [0.1, 0.15) is 19.8 Å². The highest BCUT2D eigenvalue weighted by atomic mass is 16.6. The number of ether oxygens (including phenoxy) is 2. The lowest BCUT2D eigenvalue weighted by molar-refractivity contribution is -0.145. The molecule has 0 rings (SSSR count). The molecule has 0 heterocycles. The number of aliphatic carboxylic acids is 1. The lowest BCUT2D eigenvalue weighted by atomic mass is 10.1. The highest BCUT2D eigenvalue weighted by molar-refractivity contribution is 5.87. The molecule has 0 saturated carbocycles. The van der Waals surface area contributed by atoms with Crippen LogP contribution in [0, 0.1) is 0 Å². The van der Waals surface area contributed by atoms with E-state index in [-0.39, 0.29) is 43.8 Å². The fraction of sp³-hybridized carbons (Fsp3) is 0.571. The Labute approximate surface area is 123 Å². The second-order valence-electron chi connectivity index (χ2n) is 4.62. The molecule has 3 N–H and O–H groups in total. The number of esters is 1. The number of aliphatic hydroxyl groups is 2. The predicted molar refractivity (Wildman–Crippen MR) is 74.6 cm³/mol. The van der Waals surface area contributed by atoms with Gasteiger partial charge in [0.25, 0.3) is 0 Å². The van der Waals surface area contributed by atoms with Crippen LogP contribution in [-0.4, -0.2) is 59.3 Å². The summed E-state index contributed by atoms with van der Waals surface area (Å²) in [6.07, 6.45) is -1.35. The summed E-state index contributed by atoms with van der Waals surface area (Å²) in [4.78, 5) is 21.7. The van der Waals surface area contributed by atoms with Crippen LogP contribution < -0.4 is 0 Å². The zero-order valence-corrected chi connectivity index (χ0v) is 12.1. The Bertz CT molecular complexity index is 389. The SMILES string of the molecule is C=C(C)C(=O)OCC(CO)OCC(O)CCC(=C)C(=O)O. The summed E-state index contributed by atoms with van der Waals surface area (Å²) in [6, 6.07) is 0. The van der Waals surface area contributed by atoms with Gasteiger partial charge in [-0.3, -0.25) is 0 Å². The average Bonchev–Trinajstić information content (AvgIpc) is 2.44. The number of rotatable bonds is 11. The van der Waals surface area contributed by atoms with Crippen LogP contribution in [0.2, 0.25) is 0 Å². The highest BCUT2D eigenvalue weighted by Crippen LogP contribution is 2.07. The summed E-state index contributed by atoms with van der Waals surface area (Å²) < 4.78 is 10.0. The Kier molecular flexibility index (Phi) is 9.27. The molecule has 0 aliphatic carbocycles. The van der Waals surface area contributed by atoms with Gasteiger partial charge in [0.05, 0.1) is 19.3 Å². The van der Waals surface area contributed by atoms with E-state index in [1.807, 2.05) is 0 Å². The molecule has 0 radical (unpaired) electrons. The van der Waals surface area contributed by atoms with E-state index in [2.05, 4.69) is 13.2 Å². The van der Waals surface area contributed by atoms with Crippen molar-refractivity contribution in [1.29, 1.82) is 0 Å². The molecule has 0 aromatic rings. The van der Waals surface area contributed by atoms with E-state index in [1.165, 1.54) is 6.92 Å². The maximum Gasteiger partial charge on any atom is 0.333 e. The first-order valence-corrected chi connectivity index (χ1v) is 6.42. The number of aliphatic hydroxyl groups excluding tert-OH is 2. The number of carboxylic acids is 1. The number of hydrogen-bond acceptors (Lipinski definition) is 6. The van der Waals surface area contributed by atoms with E-state index >= 15 is 0 Å². The molecule has 2 atom stereocenters. The third-order valence-electron chi connectivity index (χ3n) is 2.56. The molecule has 0 aromatic carbocycles. The molecule has 0 aliphatic rings. The minimum atomic E-state index is -1.11. The third kappa shape index (κ3) is 8.96. The number of carbonyl (C=O) groups excluding carboxylic acids is 1. The van der Waals surface area contributed by atoms with Crippen molar-refractivity contribution in [3.05, 3.63) is 24.3 Å². The molecule has 120 valence electrons. The summed E-state index contributed by atoms with van der Waals surface area (Å²) in [7, 11) is 0. The smallest absolute Gasteiger partial charge is 0.333 e. The van der Waals surface area contributed by atoms with Gasteiger partial charge < -0.3 is 24.8 Å². The first kappa shape index (κ1) is 19.3. The number of hydrogen-bond donors (Lipinski definition) is 3. The van der Waals surface area contributed by atoms with Gasteiger partial charge in [0.1, 0.15) is 12.7 Å². The molecule has 21 heavy (non-hydrogen) atoms. The monoisotopic (exact) mass is 302 g/mol. The van der Waals surface area contributed by atoms with Crippen LogP contribution in [0.3, 0.4) is 0 Å². The quantitative estimate of drug-likeness (QED) is 0.371. The highest BCUT2D eigenvalue weighted by Gasteiger charge is 2.15. The van der Waals surface area contributed by atoms with Crippen LogP contribution in [0.15, 0.2) is 24.3 Å². The van der Waals surface area contributed by atoms with Crippen LogP contribution in [0.5, 0.6) is 0 Å². The van der Waals surface area contributed by atoms with Crippen molar-refractivity contribution in [3.8, 4) is 0 Å². The van der Waals surface area contributed by atoms with Gasteiger partial charge >= 0.3 is 11.9 Å². The summed E-state index contributed by atoms with van der Waals surface area (Å²) >= 11 is 0. The van der Waals surface area contributed by atoms with Crippen LogP contribution in [0.25, 0.3) is 0 Å². The van der Waals surface area contributed by atoms with Gasteiger partial charge in [-0.05, 0) is 19.8 Å². The van der Waals surface area contributed by atoms with Gasteiger partial charge in [0.15, 0.2) is 0 Å². The molecule has 0 fully saturated rings. The van der Waals surface area contributed by atoms with E-state index in [9.17, 15) is 14.7 Å². The summed E-state index contributed by atoms with van der Waals surface area (Å²) in [6.45, 7) is 7.61. The van der Waals surface area contributed by atoms with Gasteiger partial charge in [-0.1, -0.05) is 13.2 Å². The molecule has 0 amide bonds. The van der Waals surface area contributed by atoms with Crippen molar-refractivity contribution in [3.63, 3.8) is 0 Å². The number of carbonyl (C=O) groups is 2. The van der Waals surface area contributed by atoms with E-state index in [0.717, 1.165) is 0 Å². The van der Waals surface area contributed by atoms with Gasteiger partial charge in [-0.25, -0.2) is 9.59 Å². The van der Waals surface area contributed by atoms with Crippen molar-refractivity contribution >= 4 is 11.9 Å². The van der Waals surface area contributed by atoms with E-state index in [1.54, 1.807) is 0 Å². The first-order valence-electron chi connectivity index (χ1n) is 6.42. The molecule has 0 saturated heterocycles. The summed E-state index contributed by atoms with van der Waals surface area (Å²) in [5.74, 6) is -1.70. The summed E-state index contributed by atoms with van der Waals surface area (Å²) in [5, 5.41) is 27.3. The molecular weight excluding hydrogens is 280 g/mol. The van der Waals surface area contributed by atoms with Crippen molar-refractivity contribution in [1.82, 2.24) is 0 Å². The van der Waals surface area contributed by atoms with Crippen molar-refractivity contribution in [2.24, 2.45) is 0 Å². The topological polar surface area (TPSA) is 113 Å². The molecule has 0 aromatic heterocycles. The summed E-state index contributed by atoms with van der Waals surface area (Å²) in [5.41, 5.74) is 0.238. The molecule has 0 spiro atoms. The van der Waals surface area contributed by atoms with Gasteiger partial charge in [0, 0.05) is 11.1 Å². The van der Waals surface area contributed by atoms with Crippen molar-refractivity contribution in [2.75, 3.05) is 19.8 Å². The van der Waals surface area contributed by atoms with E-state index < -0.39 is 24.1 Å². The van der Waals surface area contributed by atoms with Crippen molar-refractivity contribution < 1.29 is 34.4 Å². The number of carboxylic acid groups (broad SMARTS) is 1. The zero-order valence-electron chi connectivity index (χ0n) is 12.1. The van der Waals surface area contributed by atoms with E-state index in [4.69, 9.17) is 19.7 Å². The predicted octanol–water partition coefficient (Wildman–Crippen LogP) is 0.265.